The molecule has 1 aliphatic heterocycles. The number of rotatable bonds is 3. The molecule has 1 aromatic rings. The summed E-state index contributed by atoms with van der Waals surface area (Å²) in [6, 6.07) is 3.81. The molecule has 31 heavy (non-hydrogen) atoms. The van der Waals surface area contributed by atoms with Crippen molar-refractivity contribution in [2.45, 2.75) is 90.6 Å². The molecule has 1 N–H and O–H groups in total. The summed E-state index contributed by atoms with van der Waals surface area (Å²) in [4.78, 5) is 14.6. The van der Waals surface area contributed by atoms with Crippen LogP contribution in [0.3, 0.4) is 0 Å². The fourth-order valence-corrected chi connectivity index (χ4v) is 4.82. The van der Waals surface area contributed by atoms with Crippen molar-refractivity contribution in [3.8, 4) is 11.5 Å². The topological polar surface area (TPSA) is 68.2 Å². The molecule has 1 amide bonds. The zero-order chi connectivity index (χ0) is 23.6. The molecule has 0 aliphatic carbocycles. The molecule has 2 rings (SSSR count). The number of carbonyl (C=O) groups is 1. The summed E-state index contributed by atoms with van der Waals surface area (Å²) in [6.07, 6.45) is 1.49. The number of hydrogen-bond acceptors (Lipinski definition) is 5. The molecule has 0 aromatic heterocycles. The Balaban J connectivity index is 2.42. The first-order valence-electron chi connectivity index (χ1n) is 11.2. The van der Waals surface area contributed by atoms with Crippen LogP contribution in [-0.2, 0) is 15.6 Å². The lowest BCUT2D eigenvalue weighted by atomic mass is 9.96. The standard InChI is InChI=1S/C24H41NO5Si/c1-23(2,3)29-22(27)25-15-10-11-18-17(12-13-20(28-7)21(18)26)19(14-16-25)30-31(8,9)24(4,5)6/h12-13,19,26H,10-11,14-16H2,1-9H3. The van der Waals surface area contributed by atoms with Gasteiger partial charge in [0.15, 0.2) is 19.8 Å². The van der Waals surface area contributed by atoms with Crippen LogP contribution in [0.4, 0.5) is 4.79 Å². The second-order valence-electron chi connectivity index (χ2n) is 10.9. The molecule has 1 atom stereocenters. The number of aromatic hydroxyl groups is 1. The first-order valence-corrected chi connectivity index (χ1v) is 14.1. The predicted octanol–water partition coefficient (Wildman–Crippen LogP) is 6.04. The van der Waals surface area contributed by atoms with Crippen molar-refractivity contribution in [1.29, 1.82) is 0 Å². The smallest absolute Gasteiger partial charge is 0.410 e. The van der Waals surface area contributed by atoms with E-state index < -0.39 is 13.9 Å². The van der Waals surface area contributed by atoms with Crippen LogP contribution < -0.4 is 4.74 Å². The summed E-state index contributed by atoms with van der Waals surface area (Å²) in [7, 11) is -0.530. The quantitative estimate of drug-likeness (QED) is 0.568. The third-order valence-electron chi connectivity index (χ3n) is 6.26. The summed E-state index contributed by atoms with van der Waals surface area (Å²) in [5.41, 5.74) is 1.31. The Morgan fingerprint density at radius 1 is 1.13 bits per heavy atom. The minimum absolute atomic E-state index is 0.0466. The summed E-state index contributed by atoms with van der Waals surface area (Å²) < 4.78 is 17.8. The van der Waals surface area contributed by atoms with Gasteiger partial charge in [0.25, 0.3) is 0 Å². The van der Waals surface area contributed by atoms with E-state index in [1.54, 1.807) is 18.1 Å². The lowest BCUT2D eigenvalue weighted by Gasteiger charge is -2.40. The SMILES string of the molecule is COc1ccc2c(c1O)CCCN(C(=O)OC(C)(C)C)CCC2O[Si](C)(C)C(C)(C)C. The van der Waals surface area contributed by atoms with Gasteiger partial charge >= 0.3 is 6.09 Å². The summed E-state index contributed by atoms with van der Waals surface area (Å²) in [5.74, 6) is 0.641. The molecule has 1 unspecified atom stereocenters. The van der Waals surface area contributed by atoms with Crippen LogP contribution in [0.2, 0.25) is 18.1 Å². The zero-order valence-corrected chi connectivity index (χ0v) is 21.8. The van der Waals surface area contributed by atoms with Gasteiger partial charge in [-0.15, -0.1) is 0 Å². The molecule has 1 aromatic carbocycles. The summed E-state index contributed by atoms with van der Waals surface area (Å²) >= 11 is 0. The van der Waals surface area contributed by atoms with Crippen molar-refractivity contribution in [2.75, 3.05) is 20.2 Å². The molecule has 6 nitrogen and oxygen atoms in total. The monoisotopic (exact) mass is 451 g/mol. The lowest BCUT2D eigenvalue weighted by Crippen LogP contribution is -2.43. The molecule has 0 spiro atoms. The number of amides is 1. The molecule has 7 heteroatoms. The van der Waals surface area contributed by atoms with Gasteiger partial charge in [-0.1, -0.05) is 26.8 Å². The van der Waals surface area contributed by atoms with E-state index >= 15 is 0 Å². The molecule has 1 heterocycles. The van der Waals surface area contributed by atoms with Gasteiger partial charge in [-0.2, -0.15) is 0 Å². The first kappa shape index (κ1) is 25.5. The summed E-state index contributed by atoms with van der Waals surface area (Å²) in [5, 5.41) is 10.9. The Bertz CT molecular complexity index is 779. The fourth-order valence-electron chi connectivity index (χ4n) is 3.51. The number of nitrogens with zero attached hydrogens (tertiary/aromatic N) is 1. The number of benzene rings is 1. The van der Waals surface area contributed by atoms with Crippen molar-refractivity contribution < 1.29 is 23.8 Å². The zero-order valence-electron chi connectivity index (χ0n) is 20.8. The van der Waals surface area contributed by atoms with Gasteiger partial charge in [-0.05, 0) is 69.8 Å². The second-order valence-corrected chi connectivity index (χ2v) is 15.7. The normalized spacial score (nSPS) is 18.5. The Hall–Kier alpha value is -1.73. The number of fused-ring (bicyclic) bond motifs is 1. The number of hydrogen-bond donors (Lipinski definition) is 1. The fraction of sp³-hybridized carbons (Fsp3) is 0.708. The minimum Gasteiger partial charge on any atom is -0.504 e. The van der Waals surface area contributed by atoms with E-state index in [4.69, 9.17) is 13.9 Å². The van der Waals surface area contributed by atoms with E-state index in [9.17, 15) is 9.90 Å². The second kappa shape index (κ2) is 9.41. The van der Waals surface area contributed by atoms with Crippen LogP contribution in [-0.4, -0.2) is 50.2 Å². The molecular formula is C24H41NO5Si. The maximum absolute atomic E-state index is 12.8. The van der Waals surface area contributed by atoms with Gasteiger partial charge in [0, 0.05) is 18.7 Å². The Morgan fingerprint density at radius 2 is 1.77 bits per heavy atom. The maximum Gasteiger partial charge on any atom is 0.410 e. The molecule has 0 saturated heterocycles. The molecule has 0 radical (unpaired) electrons. The van der Waals surface area contributed by atoms with Gasteiger partial charge in [0.05, 0.1) is 13.2 Å². The average Bonchev–Trinajstić information content (AvgIpc) is 2.69. The average molecular weight is 452 g/mol. The molecular weight excluding hydrogens is 410 g/mol. The number of ether oxygens (including phenoxy) is 2. The van der Waals surface area contributed by atoms with Gasteiger partial charge < -0.3 is 23.9 Å². The number of phenolic OH excluding ortho intramolecular Hbond substituents is 1. The van der Waals surface area contributed by atoms with Crippen LogP contribution in [0.1, 0.15) is 71.6 Å². The molecule has 1 aliphatic rings. The van der Waals surface area contributed by atoms with E-state index in [0.717, 1.165) is 17.5 Å². The van der Waals surface area contributed by atoms with E-state index in [-0.39, 0.29) is 23.0 Å². The van der Waals surface area contributed by atoms with Gasteiger partial charge in [0.1, 0.15) is 5.60 Å². The molecule has 0 saturated carbocycles. The Kier molecular flexibility index (Phi) is 7.75. The highest BCUT2D eigenvalue weighted by molar-refractivity contribution is 6.74. The van der Waals surface area contributed by atoms with E-state index in [0.29, 0.717) is 31.7 Å². The maximum atomic E-state index is 12.8. The highest BCUT2D eigenvalue weighted by atomic mass is 28.4. The predicted molar refractivity (Wildman–Crippen MR) is 126 cm³/mol. The highest BCUT2D eigenvalue weighted by Crippen LogP contribution is 2.44. The van der Waals surface area contributed by atoms with Crippen molar-refractivity contribution in [2.24, 2.45) is 0 Å². The third-order valence-corrected chi connectivity index (χ3v) is 10.7. The van der Waals surface area contributed by atoms with Crippen molar-refractivity contribution in [1.82, 2.24) is 4.90 Å². The van der Waals surface area contributed by atoms with Gasteiger partial charge in [0.2, 0.25) is 0 Å². The summed E-state index contributed by atoms with van der Waals surface area (Å²) in [6.45, 7) is 17.9. The van der Waals surface area contributed by atoms with E-state index in [1.807, 2.05) is 26.8 Å². The minimum atomic E-state index is -2.09. The van der Waals surface area contributed by atoms with Gasteiger partial charge in [-0.3, -0.25) is 0 Å². The van der Waals surface area contributed by atoms with Crippen molar-refractivity contribution >= 4 is 14.4 Å². The number of methoxy groups -OCH3 is 1. The van der Waals surface area contributed by atoms with Crippen LogP contribution in [0, 0.1) is 0 Å². The van der Waals surface area contributed by atoms with Crippen LogP contribution >= 0.6 is 0 Å². The van der Waals surface area contributed by atoms with E-state index in [1.165, 1.54) is 0 Å². The van der Waals surface area contributed by atoms with Crippen molar-refractivity contribution in [3.05, 3.63) is 23.3 Å². The Labute approximate surface area is 189 Å². The largest absolute Gasteiger partial charge is 0.504 e. The highest BCUT2D eigenvalue weighted by Gasteiger charge is 2.40. The number of phenols is 1. The molecule has 0 fully saturated rings. The molecule has 0 bridgehead atoms. The number of carbonyl (C=O) groups excluding carboxylic acids is 1. The van der Waals surface area contributed by atoms with Crippen molar-refractivity contribution in [3.63, 3.8) is 0 Å². The van der Waals surface area contributed by atoms with Gasteiger partial charge in [-0.25, -0.2) is 4.79 Å². The first-order chi connectivity index (χ1) is 14.2. The third kappa shape index (κ3) is 6.39. The van der Waals surface area contributed by atoms with Crippen LogP contribution in [0.15, 0.2) is 12.1 Å². The Morgan fingerprint density at radius 3 is 2.32 bits per heavy atom. The van der Waals surface area contributed by atoms with Crippen LogP contribution in [0.5, 0.6) is 11.5 Å². The van der Waals surface area contributed by atoms with Crippen LogP contribution in [0.25, 0.3) is 0 Å². The molecule has 176 valence electrons. The lowest BCUT2D eigenvalue weighted by molar-refractivity contribution is 0.0225. The van der Waals surface area contributed by atoms with E-state index in [2.05, 4.69) is 33.9 Å².